The van der Waals surface area contributed by atoms with Crippen molar-refractivity contribution in [2.45, 2.75) is 37.3 Å². The van der Waals surface area contributed by atoms with Crippen LogP contribution in [0.3, 0.4) is 0 Å². The SMILES string of the molecule is CN(C)C(c1ccccc1Cl)C1CCCCC1(O)c1ccc2ccccc2c1.Cl. The third-order valence-electron chi connectivity index (χ3n) is 6.35. The fourth-order valence-corrected chi connectivity index (χ4v) is 5.24. The van der Waals surface area contributed by atoms with Crippen LogP contribution in [0.5, 0.6) is 0 Å². The van der Waals surface area contributed by atoms with Gasteiger partial charge in [-0.25, -0.2) is 0 Å². The van der Waals surface area contributed by atoms with Crippen molar-refractivity contribution < 1.29 is 5.11 Å². The Morgan fingerprint density at radius 1 is 0.966 bits per heavy atom. The van der Waals surface area contributed by atoms with Gasteiger partial charge in [0.2, 0.25) is 0 Å². The van der Waals surface area contributed by atoms with Crippen LogP contribution >= 0.6 is 24.0 Å². The summed E-state index contributed by atoms with van der Waals surface area (Å²) in [4.78, 5) is 2.21. The minimum absolute atomic E-state index is 0. The minimum Gasteiger partial charge on any atom is -0.385 e. The van der Waals surface area contributed by atoms with Crippen LogP contribution in [0, 0.1) is 5.92 Å². The first-order chi connectivity index (χ1) is 13.5. The molecule has 1 saturated carbocycles. The lowest BCUT2D eigenvalue weighted by atomic mass is 9.66. The Hall–Kier alpha value is -1.58. The number of fused-ring (bicyclic) bond motifs is 1. The maximum absolute atomic E-state index is 12.1. The van der Waals surface area contributed by atoms with E-state index in [0.717, 1.165) is 41.8 Å². The van der Waals surface area contributed by atoms with E-state index in [1.165, 1.54) is 10.8 Å². The number of hydrogen-bond donors (Lipinski definition) is 1. The number of rotatable bonds is 4. The molecule has 1 fully saturated rings. The monoisotopic (exact) mass is 429 g/mol. The smallest absolute Gasteiger partial charge is 0.0943 e. The van der Waals surface area contributed by atoms with E-state index < -0.39 is 5.60 Å². The molecule has 0 radical (unpaired) electrons. The molecule has 3 aromatic rings. The second-order valence-corrected chi connectivity index (χ2v) is 8.68. The fraction of sp³-hybridized carbons (Fsp3) is 0.360. The van der Waals surface area contributed by atoms with Gasteiger partial charge in [-0.2, -0.15) is 0 Å². The van der Waals surface area contributed by atoms with Gasteiger partial charge in [0.25, 0.3) is 0 Å². The first kappa shape index (κ1) is 22.1. The zero-order valence-electron chi connectivity index (χ0n) is 17.0. The molecular formula is C25H29Cl2NO. The van der Waals surface area contributed by atoms with Crippen molar-refractivity contribution in [1.82, 2.24) is 4.90 Å². The molecule has 0 aliphatic heterocycles. The molecule has 29 heavy (non-hydrogen) atoms. The van der Waals surface area contributed by atoms with E-state index in [1.54, 1.807) is 0 Å². The number of nitrogens with zero attached hydrogens (tertiary/aromatic N) is 1. The van der Waals surface area contributed by atoms with Gasteiger partial charge in [0.15, 0.2) is 0 Å². The van der Waals surface area contributed by atoms with E-state index in [4.69, 9.17) is 11.6 Å². The van der Waals surface area contributed by atoms with E-state index in [0.29, 0.717) is 0 Å². The second-order valence-electron chi connectivity index (χ2n) is 8.27. The molecule has 0 saturated heterocycles. The first-order valence-electron chi connectivity index (χ1n) is 10.1. The van der Waals surface area contributed by atoms with E-state index in [9.17, 15) is 5.11 Å². The number of benzene rings is 3. The summed E-state index contributed by atoms with van der Waals surface area (Å²) in [7, 11) is 4.17. The van der Waals surface area contributed by atoms with Crippen molar-refractivity contribution in [3.05, 3.63) is 82.9 Å². The van der Waals surface area contributed by atoms with Gasteiger partial charge in [-0.05, 0) is 61.0 Å². The molecule has 4 heteroatoms. The average molecular weight is 430 g/mol. The maximum atomic E-state index is 12.1. The summed E-state index contributed by atoms with van der Waals surface area (Å²) in [5, 5.41) is 15.2. The van der Waals surface area contributed by atoms with Crippen LogP contribution < -0.4 is 0 Å². The van der Waals surface area contributed by atoms with Crippen LogP contribution in [0.25, 0.3) is 10.8 Å². The lowest BCUT2D eigenvalue weighted by Gasteiger charge is -2.47. The van der Waals surface area contributed by atoms with Crippen LogP contribution in [0.4, 0.5) is 0 Å². The maximum Gasteiger partial charge on any atom is 0.0943 e. The molecule has 0 spiro atoms. The third kappa shape index (κ3) is 4.18. The van der Waals surface area contributed by atoms with E-state index in [-0.39, 0.29) is 24.4 Å². The fourth-order valence-electron chi connectivity index (χ4n) is 4.99. The molecule has 4 rings (SSSR count). The van der Waals surface area contributed by atoms with Gasteiger partial charge in [0.1, 0.15) is 0 Å². The summed E-state index contributed by atoms with van der Waals surface area (Å²) in [5.74, 6) is 0.0808. The van der Waals surface area contributed by atoms with Crippen molar-refractivity contribution in [1.29, 1.82) is 0 Å². The lowest BCUT2D eigenvalue weighted by molar-refractivity contribution is -0.0836. The molecule has 0 bridgehead atoms. The standard InChI is InChI=1S/C25H28ClNO.ClH/c1-27(2)24(21-11-5-6-13-23(21)26)22-12-7-8-16-25(22,28)20-15-14-18-9-3-4-10-19(18)17-20;/h3-6,9-11,13-15,17,22,24,28H,7-8,12,16H2,1-2H3;1H. The van der Waals surface area contributed by atoms with Crippen LogP contribution in [0.15, 0.2) is 66.7 Å². The average Bonchev–Trinajstić information content (AvgIpc) is 2.70. The highest BCUT2D eigenvalue weighted by atomic mass is 35.5. The predicted octanol–water partition coefficient (Wildman–Crippen LogP) is 6.60. The van der Waals surface area contributed by atoms with Gasteiger partial charge in [0, 0.05) is 17.0 Å². The molecule has 3 atom stereocenters. The van der Waals surface area contributed by atoms with Gasteiger partial charge in [-0.3, -0.25) is 0 Å². The summed E-state index contributed by atoms with van der Waals surface area (Å²) in [5.41, 5.74) is 1.26. The lowest BCUT2D eigenvalue weighted by Crippen LogP contribution is -2.45. The Kier molecular flexibility index (Phi) is 6.90. The van der Waals surface area contributed by atoms with E-state index in [1.807, 2.05) is 18.2 Å². The molecule has 0 amide bonds. The zero-order valence-corrected chi connectivity index (χ0v) is 18.6. The van der Waals surface area contributed by atoms with Crippen molar-refractivity contribution in [2.24, 2.45) is 5.92 Å². The van der Waals surface area contributed by atoms with Crippen LogP contribution in [-0.4, -0.2) is 24.1 Å². The molecule has 0 aromatic heterocycles. The molecule has 154 valence electrons. The van der Waals surface area contributed by atoms with E-state index >= 15 is 0 Å². The normalized spacial score (nSPS) is 23.0. The zero-order chi connectivity index (χ0) is 19.7. The molecule has 3 aromatic carbocycles. The predicted molar refractivity (Wildman–Crippen MR) is 125 cm³/mol. The molecule has 1 aliphatic carbocycles. The van der Waals surface area contributed by atoms with Crippen LogP contribution in [0.1, 0.15) is 42.9 Å². The van der Waals surface area contributed by atoms with Crippen molar-refractivity contribution >= 4 is 34.8 Å². The highest BCUT2D eigenvalue weighted by Gasteiger charge is 2.46. The Labute approximate surface area is 184 Å². The Morgan fingerprint density at radius 2 is 1.66 bits per heavy atom. The van der Waals surface area contributed by atoms with Gasteiger partial charge in [-0.1, -0.05) is 79.0 Å². The first-order valence-corrected chi connectivity index (χ1v) is 10.5. The molecule has 1 N–H and O–H groups in total. The Balaban J connectivity index is 0.00000240. The third-order valence-corrected chi connectivity index (χ3v) is 6.69. The molecule has 1 aliphatic rings. The number of hydrogen-bond acceptors (Lipinski definition) is 2. The van der Waals surface area contributed by atoms with Gasteiger partial charge in [0.05, 0.1) is 5.60 Å². The molecule has 2 nitrogen and oxygen atoms in total. The topological polar surface area (TPSA) is 23.5 Å². The Morgan fingerprint density at radius 3 is 2.38 bits per heavy atom. The van der Waals surface area contributed by atoms with Crippen LogP contribution in [0.2, 0.25) is 5.02 Å². The van der Waals surface area contributed by atoms with E-state index in [2.05, 4.69) is 67.5 Å². The van der Waals surface area contributed by atoms with Gasteiger partial charge >= 0.3 is 0 Å². The van der Waals surface area contributed by atoms with Crippen molar-refractivity contribution in [2.75, 3.05) is 14.1 Å². The number of aliphatic hydroxyl groups is 1. The summed E-state index contributed by atoms with van der Waals surface area (Å²) in [6.45, 7) is 0. The largest absolute Gasteiger partial charge is 0.385 e. The van der Waals surface area contributed by atoms with Crippen molar-refractivity contribution in [3.63, 3.8) is 0 Å². The molecule has 0 heterocycles. The Bertz CT molecular complexity index is 974. The molecule has 3 unspecified atom stereocenters. The van der Waals surface area contributed by atoms with Crippen LogP contribution in [-0.2, 0) is 5.60 Å². The van der Waals surface area contributed by atoms with Gasteiger partial charge in [-0.15, -0.1) is 12.4 Å². The highest BCUT2D eigenvalue weighted by Crippen LogP contribution is 2.50. The summed E-state index contributed by atoms with van der Waals surface area (Å²) in [6, 6.07) is 22.9. The second kappa shape index (κ2) is 9.06. The minimum atomic E-state index is -0.865. The summed E-state index contributed by atoms with van der Waals surface area (Å²) >= 11 is 6.59. The number of halogens is 2. The van der Waals surface area contributed by atoms with Gasteiger partial charge < -0.3 is 10.0 Å². The molecular weight excluding hydrogens is 401 g/mol. The summed E-state index contributed by atoms with van der Waals surface area (Å²) in [6.07, 6.45) is 3.94. The van der Waals surface area contributed by atoms with Crippen molar-refractivity contribution in [3.8, 4) is 0 Å². The highest BCUT2D eigenvalue weighted by molar-refractivity contribution is 6.31. The summed E-state index contributed by atoms with van der Waals surface area (Å²) < 4.78 is 0. The quantitative estimate of drug-likeness (QED) is 0.504.